The van der Waals surface area contributed by atoms with Gasteiger partial charge in [-0.15, -0.1) is 11.3 Å². The fourth-order valence-corrected chi connectivity index (χ4v) is 7.63. The highest BCUT2D eigenvalue weighted by Gasteiger charge is 2.34. The van der Waals surface area contributed by atoms with E-state index in [0.29, 0.717) is 27.9 Å². The predicted molar refractivity (Wildman–Crippen MR) is 167 cm³/mol. The van der Waals surface area contributed by atoms with Crippen molar-refractivity contribution in [2.45, 2.75) is 65.5 Å². The average molecular weight is 576 g/mol. The highest BCUT2D eigenvalue weighted by molar-refractivity contribution is 7.99. The van der Waals surface area contributed by atoms with Gasteiger partial charge in [0, 0.05) is 10.6 Å². The van der Waals surface area contributed by atoms with Crippen LogP contribution in [0.3, 0.4) is 0 Å². The highest BCUT2D eigenvalue weighted by atomic mass is 32.2. The zero-order valence-electron chi connectivity index (χ0n) is 24.1. The molecule has 6 nitrogen and oxygen atoms in total. The number of nitrogens with zero attached hydrogens (tertiary/aromatic N) is 2. The smallest absolute Gasteiger partial charge is 0.267 e. The SMILES string of the molecule is CCC(C)(C)[C@H]1CCc2c(sc3nc(SCC(=O)Nc4cccc(C)c4C)n(-c4ccccc4OC)c(=O)c23)C1. The van der Waals surface area contributed by atoms with Crippen molar-refractivity contribution < 1.29 is 9.53 Å². The van der Waals surface area contributed by atoms with E-state index in [9.17, 15) is 9.59 Å². The van der Waals surface area contributed by atoms with E-state index in [1.807, 2.05) is 56.3 Å². The second-order valence-electron chi connectivity index (χ2n) is 11.3. The molecule has 0 saturated heterocycles. The first kappa shape index (κ1) is 28.4. The maximum absolute atomic E-state index is 14.3. The van der Waals surface area contributed by atoms with E-state index >= 15 is 0 Å². The largest absolute Gasteiger partial charge is 0.495 e. The average Bonchev–Trinajstić information content (AvgIpc) is 3.32. The number of rotatable bonds is 8. The molecule has 40 heavy (non-hydrogen) atoms. The summed E-state index contributed by atoms with van der Waals surface area (Å²) in [5.41, 5.74) is 4.89. The minimum Gasteiger partial charge on any atom is -0.495 e. The normalized spacial score (nSPS) is 15.2. The molecule has 8 heteroatoms. The van der Waals surface area contributed by atoms with Crippen LogP contribution in [0.2, 0.25) is 0 Å². The van der Waals surface area contributed by atoms with Gasteiger partial charge in [0.1, 0.15) is 10.6 Å². The van der Waals surface area contributed by atoms with Gasteiger partial charge in [-0.1, -0.05) is 63.2 Å². The molecule has 2 heterocycles. The van der Waals surface area contributed by atoms with Gasteiger partial charge in [-0.2, -0.15) is 0 Å². The number of hydrogen-bond acceptors (Lipinski definition) is 6. The highest BCUT2D eigenvalue weighted by Crippen LogP contribution is 2.44. The van der Waals surface area contributed by atoms with Gasteiger partial charge in [0.2, 0.25) is 5.91 Å². The van der Waals surface area contributed by atoms with Gasteiger partial charge in [-0.05, 0) is 79.3 Å². The standard InChI is InChI=1S/C32H37N3O3S2/c1-7-32(4,5)21-15-16-22-26(17-21)40-29-28(22)30(37)35(24-13-8-9-14-25(24)38-6)31(34-29)39-18-27(36)33-23-12-10-11-19(2)20(23)3/h8-14,21H,7,15-18H2,1-6H3,(H,33,36)/t21-/m0/s1. The summed E-state index contributed by atoms with van der Waals surface area (Å²) in [7, 11) is 1.60. The lowest BCUT2D eigenvalue weighted by molar-refractivity contribution is -0.113. The van der Waals surface area contributed by atoms with Crippen LogP contribution >= 0.6 is 23.1 Å². The number of benzene rings is 2. The first-order valence-corrected chi connectivity index (χ1v) is 15.6. The summed E-state index contributed by atoms with van der Waals surface area (Å²) in [4.78, 5) is 34.3. The number of fused-ring (bicyclic) bond motifs is 3. The molecule has 1 N–H and O–H groups in total. The number of hydrogen-bond donors (Lipinski definition) is 1. The summed E-state index contributed by atoms with van der Waals surface area (Å²) in [6.07, 6.45) is 4.06. The summed E-state index contributed by atoms with van der Waals surface area (Å²) < 4.78 is 7.27. The molecule has 1 atom stereocenters. The van der Waals surface area contributed by atoms with E-state index in [1.54, 1.807) is 23.0 Å². The van der Waals surface area contributed by atoms with E-state index in [2.05, 4.69) is 26.1 Å². The van der Waals surface area contributed by atoms with Gasteiger partial charge in [0.15, 0.2) is 5.16 Å². The van der Waals surface area contributed by atoms with E-state index in [4.69, 9.17) is 9.72 Å². The minimum absolute atomic E-state index is 0.0994. The van der Waals surface area contributed by atoms with Crippen LogP contribution in [0.1, 0.15) is 55.2 Å². The third kappa shape index (κ3) is 5.31. The van der Waals surface area contributed by atoms with E-state index in [-0.39, 0.29) is 22.6 Å². The van der Waals surface area contributed by atoms with E-state index < -0.39 is 0 Å². The molecule has 2 aromatic carbocycles. The van der Waals surface area contributed by atoms with Crippen molar-refractivity contribution in [2.75, 3.05) is 18.2 Å². The number of amides is 1. The first-order chi connectivity index (χ1) is 19.1. The lowest BCUT2D eigenvalue weighted by Crippen LogP contribution is -2.29. The van der Waals surface area contributed by atoms with Crippen LogP contribution in [0, 0.1) is 25.2 Å². The van der Waals surface area contributed by atoms with Gasteiger partial charge in [0.25, 0.3) is 5.56 Å². The molecule has 0 saturated carbocycles. The molecule has 0 radical (unpaired) electrons. The van der Waals surface area contributed by atoms with Crippen LogP contribution in [0.25, 0.3) is 15.9 Å². The number of thioether (sulfide) groups is 1. The molecule has 1 aliphatic carbocycles. The monoisotopic (exact) mass is 575 g/mol. The third-order valence-corrected chi connectivity index (χ3v) is 10.7. The van der Waals surface area contributed by atoms with Crippen LogP contribution in [0.5, 0.6) is 5.75 Å². The molecule has 0 bridgehead atoms. The number of aromatic nitrogens is 2. The van der Waals surface area contributed by atoms with Crippen molar-refractivity contribution >= 4 is 44.9 Å². The first-order valence-electron chi connectivity index (χ1n) is 13.8. The van der Waals surface area contributed by atoms with Crippen molar-refractivity contribution in [2.24, 2.45) is 11.3 Å². The van der Waals surface area contributed by atoms with E-state index in [0.717, 1.165) is 52.9 Å². The fraction of sp³-hybridized carbons (Fsp3) is 0.406. The number of methoxy groups -OCH3 is 1. The summed E-state index contributed by atoms with van der Waals surface area (Å²) in [5.74, 6) is 1.14. The van der Waals surface area contributed by atoms with Crippen molar-refractivity contribution in [1.82, 2.24) is 9.55 Å². The molecule has 210 valence electrons. The molecular weight excluding hydrogens is 539 g/mol. The second kappa shape index (κ2) is 11.4. The second-order valence-corrected chi connectivity index (χ2v) is 13.3. The molecule has 2 aromatic heterocycles. The Hall–Kier alpha value is -3.10. The van der Waals surface area contributed by atoms with Crippen LogP contribution in [-0.2, 0) is 17.6 Å². The molecule has 5 rings (SSSR count). The number of carbonyl (C=O) groups is 1. The molecule has 0 fully saturated rings. The van der Waals surface area contributed by atoms with Gasteiger partial charge in [0.05, 0.1) is 23.9 Å². The van der Waals surface area contributed by atoms with Crippen LogP contribution in [0.15, 0.2) is 52.4 Å². The number of anilines is 1. The molecular formula is C32H37N3O3S2. The number of thiophene rings is 1. The Bertz CT molecular complexity index is 1640. The number of aryl methyl sites for hydroxylation is 2. The summed E-state index contributed by atoms with van der Waals surface area (Å²) in [6, 6.07) is 13.3. The number of nitrogens with one attached hydrogen (secondary N) is 1. The lowest BCUT2D eigenvalue weighted by atomic mass is 9.70. The topological polar surface area (TPSA) is 73.2 Å². The van der Waals surface area contributed by atoms with Gasteiger partial charge >= 0.3 is 0 Å². The van der Waals surface area contributed by atoms with Crippen molar-refractivity contribution in [3.63, 3.8) is 0 Å². The Labute approximate surface area is 244 Å². The Balaban J connectivity index is 1.55. The maximum atomic E-state index is 14.3. The Morgan fingerprint density at radius 1 is 1.20 bits per heavy atom. The van der Waals surface area contributed by atoms with Gasteiger partial charge in [-0.3, -0.25) is 14.2 Å². The summed E-state index contributed by atoms with van der Waals surface area (Å²) >= 11 is 2.92. The number of para-hydroxylation sites is 2. The van der Waals surface area contributed by atoms with Crippen LogP contribution < -0.4 is 15.6 Å². The lowest BCUT2D eigenvalue weighted by Gasteiger charge is -2.36. The third-order valence-electron chi connectivity index (χ3n) is 8.61. The summed E-state index contributed by atoms with van der Waals surface area (Å²) in [5, 5.41) is 4.22. The Kier molecular flexibility index (Phi) is 8.11. The Morgan fingerprint density at radius 3 is 2.73 bits per heavy atom. The quantitative estimate of drug-likeness (QED) is 0.176. The summed E-state index contributed by atoms with van der Waals surface area (Å²) in [6.45, 7) is 11.0. The van der Waals surface area contributed by atoms with Crippen molar-refractivity contribution in [3.05, 3.63) is 74.4 Å². The molecule has 0 aliphatic heterocycles. The van der Waals surface area contributed by atoms with Gasteiger partial charge < -0.3 is 10.1 Å². The van der Waals surface area contributed by atoms with Crippen LogP contribution in [-0.4, -0.2) is 28.3 Å². The van der Waals surface area contributed by atoms with Crippen molar-refractivity contribution in [3.8, 4) is 11.4 Å². The fourth-order valence-electron chi connectivity index (χ4n) is 5.49. The molecule has 0 unspecified atom stereocenters. The molecule has 0 spiro atoms. The van der Waals surface area contributed by atoms with Crippen molar-refractivity contribution in [1.29, 1.82) is 0 Å². The van der Waals surface area contributed by atoms with Crippen LogP contribution in [0.4, 0.5) is 5.69 Å². The number of carbonyl (C=O) groups excluding carboxylic acids is 1. The minimum atomic E-state index is -0.144. The zero-order valence-corrected chi connectivity index (χ0v) is 25.7. The predicted octanol–water partition coefficient (Wildman–Crippen LogP) is 7.34. The zero-order chi connectivity index (χ0) is 28.6. The van der Waals surface area contributed by atoms with Gasteiger partial charge in [-0.25, -0.2) is 4.98 Å². The maximum Gasteiger partial charge on any atom is 0.267 e. The Morgan fingerprint density at radius 2 is 1.98 bits per heavy atom. The number of ether oxygens (including phenoxy) is 1. The molecule has 1 amide bonds. The van der Waals surface area contributed by atoms with E-state index in [1.165, 1.54) is 16.6 Å². The molecule has 1 aliphatic rings. The molecule has 4 aromatic rings.